The second-order valence-electron chi connectivity index (χ2n) is 5.27. The van der Waals surface area contributed by atoms with Crippen molar-refractivity contribution in [3.8, 4) is 0 Å². The molecule has 1 atom stereocenters. The summed E-state index contributed by atoms with van der Waals surface area (Å²) < 4.78 is 0. The second kappa shape index (κ2) is 7.24. The number of amides is 1. The molecule has 2 aromatic carbocycles. The number of benzene rings is 2. The molecule has 0 radical (unpaired) electrons. The van der Waals surface area contributed by atoms with E-state index in [1.807, 2.05) is 24.3 Å². The normalized spacial score (nSPS) is 11.8. The Kier molecular flexibility index (Phi) is 5.34. The molecular weight excluding hydrogens is 316 g/mol. The number of hydrogen-bond donors (Lipinski definition) is 1. The fourth-order valence-electron chi connectivity index (χ4n) is 2.25. The summed E-state index contributed by atoms with van der Waals surface area (Å²) in [6.07, 6.45) is 0.935. The van der Waals surface area contributed by atoms with Gasteiger partial charge in [0, 0.05) is 17.8 Å². The number of nitrogens with zero attached hydrogens (tertiary/aromatic N) is 1. The van der Waals surface area contributed by atoms with Crippen LogP contribution in [0.5, 0.6) is 0 Å². The number of non-ortho nitro benzene ring substituents is 1. The van der Waals surface area contributed by atoms with Crippen molar-refractivity contribution >= 4 is 28.9 Å². The number of anilines is 1. The zero-order valence-electron chi connectivity index (χ0n) is 12.9. The minimum absolute atomic E-state index is 0.0832. The van der Waals surface area contributed by atoms with Crippen LogP contribution < -0.4 is 5.32 Å². The van der Waals surface area contributed by atoms with Crippen LogP contribution in [0.2, 0.25) is 5.02 Å². The maximum Gasteiger partial charge on any atom is 0.270 e. The summed E-state index contributed by atoms with van der Waals surface area (Å²) in [7, 11) is 0. The van der Waals surface area contributed by atoms with Crippen molar-refractivity contribution < 1.29 is 9.72 Å². The first-order chi connectivity index (χ1) is 10.9. The Bertz CT molecular complexity index is 746. The number of para-hydroxylation sites is 1. The van der Waals surface area contributed by atoms with Crippen LogP contribution in [0.15, 0.2) is 42.5 Å². The van der Waals surface area contributed by atoms with Gasteiger partial charge in [-0.2, -0.15) is 0 Å². The molecule has 6 heteroatoms. The summed E-state index contributed by atoms with van der Waals surface area (Å²) >= 11 is 6.01. The van der Waals surface area contributed by atoms with Gasteiger partial charge in [-0.05, 0) is 30.0 Å². The molecule has 0 saturated carbocycles. The topological polar surface area (TPSA) is 72.2 Å². The van der Waals surface area contributed by atoms with Gasteiger partial charge in [0.25, 0.3) is 11.6 Å². The molecule has 0 spiro atoms. The van der Waals surface area contributed by atoms with Crippen LogP contribution in [0.3, 0.4) is 0 Å². The predicted molar refractivity (Wildman–Crippen MR) is 91.2 cm³/mol. The van der Waals surface area contributed by atoms with Gasteiger partial charge in [0.15, 0.2) is 0 Å². The van der Waals surface area contributed by atoms with Gasteiger partial charge >= 0.3 is 0 Å². The molecule has 0 aliphatic heterocycles. The Balaban J connectivity index is 2.33. The molecule has 0 saturated heterocycles. The zero-order chi connectivity index (χ0) is 17.0. The van der Waals surface area contributed by atoms with Crippen molar-refractivity contribution in [1.29, 1.82) is 0 Å². The Hall–Kier alpha value is -2.40. The van der Waals surface area contributed by atoms with Crippen LogP contribution >= 0.6 is 11.6 Å². The summed E-state index contributed by atoms with van der Waals surface area (Å²) in [5.41, 5.74) is 1.62. The summed E-state index contributed by atoms with van der Waals surface area (Å²) in [5, 5.41) is 13.8. The first kappa shape index (κ1) is 17.0. The molecule has 23 heavy (non-hydrogen) atoms. The minimum atomic E-state index is -0.555. The Labute approximate surface area is 139 Å². The molecule has 0 fully saturated rings. The van der Waals surface area contributed by atoms with Gasteiger partial charge in [0.2, 0.25) is 0 Å². The maximum atomic E-state index is 12.5. The van der Waals surface area contributed by atoms with Crippen LogP contribution in [0.4, 0.5) is 11.4 Å². The molecule has 120 valence electrons. The van der Waals surface area contributed by atoms with Crippen molar-refractivity contribution in [2.24, 2.45) is 0 Å². The van der Waals surface area contributed by atoms with Crippen molar-refractivity contribution in [1.82, 2.24) is 0 Å². The quantitative estimate of drug-likeness (QED) is 0.617. The summed E-state index contributed by atoms with van der Waals surface area (Å²) in [6.45, 7) is 4.14. The number of hydrogen-bond acceptors (Lipinski definition) is 3. The highest BCUT2D eigenvalue weighted by molar-refractivity contribution is 6.34. The molecule has 5 nitrogen and oxygen atoms in total. The average molecular weight is 333 g/mol. The Morgan fingerprint density at radius 2 is 2.00 bits per heavy atom. The number of nitro groups is 1. The van der Waals surface area contributed by atoms with E-state index in [-0.39, 0.29) is 22.2 Å². The van der Waals surface area contributed by atoms with E-state index >= 15 is 0 Å². The van der Waals surface area contributed by atoms with Crippen LogP contribution in [0, 0.1) is 10.1 Å². The smallest absolute Gasteiger partial charge is 0.270 e. The second-order valence-corrected chi connectivity index (χ2v) is 5.68. The standard InChI is InChI=1S/C17H17ClN2O3/c1-3-11(2)13-6-4-5-7-16(13)19-17(21)14-10-12(20(22)23)8-9-15(14)18/h4-11H,3H2,1-2H3,(H,19,21)/t11-/m1/s1. The van der Waals surface area contributed by atoms with E-state index in [2.05, 4.69) is 19.2 Å². The van der Waals surface area contributed by atoms with Crippen molar-refractivity contribution in [3.63, 3.8) is 0 Å². The Morgan fingerprint density at radius 3 is 2.65 bits per heavy atom. The first-order valence-corrected chi connectivity index (χ1v) is 7.66. The number of carbonyl (C=O) groups is 1. The molecule has 0 bridgehead atoms. The maximum absolute atomic E-state index is 12.5. The van der Waals surface area contributed by atoms with Crippen molar-refractivity contribution in [2.75, 3.05) is 5.32 Å². The number of carbonyl (C=O) groups excluding carboxylic acids is 1. The van der Waals surface area contributed by atoms with E-state index in [0.29, 0.717) is 5.69 Å². The molecule has 2 aromatic rings. The molecule has 1 amide bonds. The first-order valence-electron chi connectivity index (χ1n) is 7.28. The molecular formula is C17H17ClN2O3. The van der Waals surface area contributed by atoms with E-state index in [1.165, 1.54) is 18.2 Å². The van der Waals surface area contributed by atoms with Gasteiger partial charge in [0.05, 0.1) is 15.5 Å². The van der Waals surface area contributed by atoms with E-state index in [1.54, 1.807) is 0 Å². The lowest BCUT2D eigenvalue weighted by atomic mass is 9.97. The zero-order valence-corrected chi connectivity index (χ0v) is 13.6. The monoisotopic (exact) mass is 332 g/mol. The minimum Gasteiger partial charge on any atom is -0.322 e. The lowest BCUT2D eigenvalue weighted by molar-refractivity contribution is -0.384. The number of halogens is 1. The van der Waals surface area contributed by atoms with Crippen molar-refractivity contribution in [3.05, 3.63) is 68.7 Å². The van der Waals surface area contributed by atoms with Crippen molar-refractivity contribution in [2.45, 2.75) is 26.2 Å². The number of nitrogens with one attached hydrogen (secondary N) is 1. The van der Waals surface area contributed by atoms with Gasteiger partial charge in [-0.15, -0.1) is 0 Å². The highest BCUT2D eigenvalue weighted by Crippen LogP contribution is 2.28. The molecule has 0 aliphatic carbocycles. The highest BCUT2D eigenvalue weighted by atomic mass is 35.5. The van der Waals surface area contributed by atoms with Crippen LogP contribution in [0.25, 0.3) is 0 Å². The van der Waals surface area contributed by atoms with E-state index in [9.17, 15) is 14.9 Å². The summed E-state index contributed by atoms with van der Waals surface area (Å²) in [5.74, 6) is -0.179. The third-order valence-electron chi connectivity index (χ3n) is 3.76. The van der Waals surface area contributed by atoms with Crippen LogP contribution in [-0.4, -0.2) is 10.8 Å². The van der Waals surface area contributed by atoms with Gasteiger partial charge in [-0.25, -0.2) is 0 Å². The third kappa shape index (κ3) is 3.87. The van der Waals surface area contributed by atoms with Gasteiger partial charge in [0.1, 0.15) is 0 Å². The fraction of sp³-hybridized carbons (Fsp3) is 0.235. The van der Waals surface area contributed by atoms with E-state index in [0.717, 1.165) is 12.0 Å². The van der Waals surface area contributed by atoms with Gasteiger partial charge < -0.3 is 5.32 Å². The number of rotatable bonds is 5. The average Bonchev–Trinajstić information content (AvgIpc) is 2.54. The Morgan fingerprint density at radius 1 is 1.30 bits per heavy atom. The largest absolute Gasteiger partial charge is 0.322 e. The number of nitro benzene ring substituents is 1. The lowest BCUT2D eigenvalue weighted by Crippen LogP contribution is -2.14. The fourth-order valence-corrected chi connectivity index (χ4v) is 2.45. The lowest BCUT2D eigenvalue weighted by Gasteiger charge is -2.16. The van der Waals surface area contributed by atoms with E-state index < -0.39 is 10.8 Å². The van der Waals surface area contributed by atoms with Gasteiger partial charge in [-0.1, -0.05) is 43.6 Å². The summed E-state index contributed by atoms with van der Waals surface area (Å²) in [6, 6.07) is 11.3. The molecule has 0 unspecified atom stereocenters. The SMILES string of the molecule is CC[C@@H](C)c1ccccc1NC(=O)c1cc([N+](=O)[O-])ccc1Cl. The van der Waals surface area contributed by atoms with E-state index in [4.69, 9.17) is 11.6 Å². The molecule has 0 aliphatic rings. The summed E-state index contributed by atoms with van der Waals surface area (Å²) in [4.78, 5) is 22.8. The van der Waals surface area contributed by atoms with Gasteiger partial charge in [-0.3, -0.25) is 14.9 Å². The third-order valence-corrected chi connectivity index (χ3v) is 4.09. The molecule has 1 N–H and O–H groups in total. The van der Waals surface area contributed by atoms with Crippen LogP contribution in [0.1, 0.15) is 42.1 Å². The molecule has 0 heterocycles. The molecule has 2 rings (SSSR count). The predicted octanol–water partition coefficient (Wildman–Crippen LogP) is 5.01. The van der Waals surface area contributed by atoms with Crippen LogP contribution in [-0.2, 0) is 0 Å². The molecule has 0 aromatic heterocycles. The highest BCUT2D eigenvalue weighted by Gasteiger charge is 2.17.